The van der Waals surface area contributed by atoms with Crippen LogP contribution in [0.15, 0.2) is 24.3 Å². The molecule has 0 bridgehead atoms. The van der Waals surface area contributed by atoms with Gasteiger partial charge < -0.3 is 5.32 Å². The van der Waals surface area contributed by atoms with Crippen molar-refractivity contribution in [3.05, 3.63) is 35.4 Å². The Morgan fingerprint density at radius 1 is 1.17 bits per heavy atom. The predicted octanol–water partition coefficient (Wildman–Crippen LogP) is 4.10. The lowest BCUT2D eigenvalue weighted by Crippen LogP contribution is -2.36. The van der Waals surface area contributed by atoms with Crippen molar-refractivity contribution >= 4 is 0 Å². The average molecular weight is 245 g/mol. The van der Waals surface area contributed by atoms with Crippen molar-refractivity contribution in [3.8, 4) is 0 Å². The summed E-state index contributed by atoms with van der Waals surface area (Å²) in [5, 5.41) is 3.71. The first-order chi connectivity index (χ1) is 8.79. The van der Waals surface area contributed by atoms with Gasteiger partial charge in [0, 0.05) is 6.04 Å². The first kappa shape index (κ1) is 13.6. The van der Waals surface area contributed by atoms with E-state index in [-0.39, 0.29) is 0 Å². The highest BCUT2D eigenvalue weighted by molar-refractivity contribution is 5.22. The molecule has 2 unspecified atom stereocenters. The fraction of sp³-hybridized carbons (Fsp3) is 0.647. The van der Waals surface area contributed by atoms with E-state index in [4.69, 9.17) is 0 Å². The molecule has 1 aromatic carbocycles. The molecule has 100 valence electrons. The van der Waals surface area contributed by atoms with Gasteiger partial charge in [0.2, 0.25) is 0 Å². The number of hydrogen-bond acceptors (Lipinski definition) is 1. The molecule has 1 aliphatic rings. The second-order valence-electron chi connectivity index (χ2n) is 5.76. The minimum Gasteiger partial charge on any atom is -0.314 e. The van der Waals surface area contributed by atoms with Crippen LogP contribution in [0.4, 0.5) is 0 Å². The maximum absolute atomic E-state index is 3.71. The first-order valence-corrected chi connectivity index (χ1v) is 7.58. The Balaban J connectivity index is 2.03. The number of rotatable bonds is 4. The van der Waals surface area contributed by atoms with Crippen LogP contribution in [0.2, 0.25) is 0 Å². The molecule has 0 heterocycles. The van der Waals surface area contributed by atoms with Crippen LogP contribution < -0.4 is 5.32 Å². The standard InChI is InChI=1S/C17H27N/c1-3-18-17-11-6-4-5-10-16(17)13-15-9-7-8-14(2)12-15/h7-9,12,16-18H,3-6,10-11,13H2,1-2H3. The van der Waals surface area contributed by atoms with Gasteiger partial charge in [0.25, 0.3) is 0 Å². The summed E-state index contributed by atoms with van der Waals surface area (Å²) in [6.07, 6.45) is 8.25. The molecule has 0 aromatic heterocycles. The van der Waals surface area contributed by atoms with Crippen molar-refractivity contribution in [2.45, 2.75) is 58.4 Å². The van der Waals surface area contributed by atoms with E-state index in [0.29, 0.717) is 0 Å². The van der Waals surface area contributed by atoms with Gasteiger partial charge in [-0.2, -0.15) is 0 Å². The van der Waals surface area contributed by atoms with Gasteiger partial charge >= 0.3 is 0 Å². The minimum atomic E-state index is 0.734. The highest BCUT2D eigenvalue weighted by Crippen LogP contribution is 2.26. The molecule has 0 aliphatic heterocycles. The van der Waals surface area contributed by atoms with Crippen LogP contribution in [-0.4, -0.2) is 12.6 Å². The molecule has 1 aliphatic carbocycles. The van der Waals surface area contributed by atoms with E-state index in [9.17, 15) is 0 Å². The maximum atomic E-state index is 3.71. The van der Waals surface area contributed by atoms with Gasteiger partial charge in [-0.15, -0.1) is 0 Å². The van der Waals surface area contributed by atoms with E-state index < -0.39 is 0 Å². The topological polar surface area (TPSA) is 12.0 Å². The summed E-state index contributed by atoms with van der Waals surface area (Å²) in [5.74, 6) is 0.828. The Labute approximate surface area is 112 Å². The fourth-order valence-corrected chi connectivity index (χ4v) is 3.30. The average Bonchev–Trinajstić information content (AvgIpc) is 2.56. The monoisotopic (exact) mass is 245 g/mol. The summed E-state index contributed by atoms with van der Waals surface area (Å²) in [6, 6.07) is 9.77. The Kier molecular flexibility index (Phi) is 5.25. The van der Waals surface area contributed by atoms with E-state index in [0.717, 1.165) is 18.5 Å². The molecular weight excluding hydrogens is 218 g/mol. The highest BCUT2D eigenvalue weighted by atomic mass is 14.9. The molecule has 1 fully saturated rings. The Hall–Kier alpha value is -0.820. The van der Waals surface area contributed by atoms with Gasteiger partial charge in [0.05, 0.1) is 0 Å². The van der Waals surface area contributed by atoms with Crippen LogP contribution in [-0.2, 0) is 6.42 Å². The molecule has 1 aromatic rings. The van der Waals surface area contributed by atoms with Gasteiger partial charge in [-0.05, 0) is 44.2 Å². The van der Waals surface area contributed by atoms with Crippen molar-refractivity contribution < 1.29 is 0 Å². The van der Waals surface area contributed by atoms with Crippen molar-refractivity contribution in [3.63, 3.8) is 0 Å². The summed E-state index contributed by atoms with van der Waals surface area (Å²) in [6.45, 7) is 5.53. The number of aryl methyl sites for hydroxylation is 1. The summed E-state index contributed by atoms with van der Waals surface area (Å²) < 4.78 is 0. The van der Waals surface area contributed by atoms with Crippen LogP contribution in [0.1, 0.15) is 50.2 Å². The van der Waals surface area contributed by atoms with E-state index >= 15 is 0 Å². The largest absolute Gasteiger partial charge is 0.314 e. The molecule has 2 atom stereocenters. The van der Waals surface area contributed by atoms with Crippen LogP contribution in [0, 0.1) is 12.8 Å². The number of hydrogen-bond donors (Lipinski definition) is 1. The van der Waals surface area contributed by atoms with Crippen molar-refractivity contribution in [2.24, 2.45) is 5.92 Å². The zero-order valence-electron chi connectivity index (χ0n) is 11.9. The highest BCUT2D eigenvalue weighted by Gasteiger charge is 2.22. The van der Waals surface area contributed by atoms with Crippen LogP contribution in [0.25, 0.3) is 0 Å². The van der Waals surface area contributed by atoms with Gasteiger partial charge in [-0.1, -0.05) is 56.0 Å². The molecule has 0 saturated heterocycles. The third-order valence-corrected chi connectivity index (χ3v) is 4.21. The van der Waals surface area contributed by atoms with Crippen molar-refractivity contribution in [1.82, 2.24) is 5.32 Å². The van der Waals surface area contributed by atoms with Gasteiger partial charge in [0.15, 0.2) is 0 Å². The third-order valence-electron chi connectivity index (χ3n) is 4.21. The lowest BCUT2D eigenvalue weighted by atomic mass is 9.88. The molecule has 18 heavy (non-hydrogen) atoms. The van der Waals surface area contributed by atoms with E-state index in [1.807, 2.05) is 0 Å². The quantitative estimate of drug-likeness (QED) is 0.788. The molecule has 0 radical (unpaired) electrons. The minimum absolute atomic E-state index is 0.734. The lowest BCUT2D eigenvalue weighted by Gasteiger charge is -2.26. The molecular formula is C17H27N. The smallest absolute Gasteiger partial charge is 0.00983 e. The van der Waals surface area contributed by atoms with Crippen LogP contribution in [0.3, 0.4) is 0 Å². The molecule has 1 heteroatoms. The molecule has 0 amide bonds. The van der Waals surface area contributed by atoms with Gasteiger partial charge in [0.1, 0.15) is 0 Å². The normalized spacial score (nSPS) is 24.8. The van der Waals surface area contributed by atoms with Gasteiger partial charge in [-0.3, -0.25) is 0 Å². The second kappa shape index (κ2) is 6.94. The molecule has 1 N–H and O–H groups in total. The third kappa shape index (κ3) is 3.84. The molecule has 1 nitrogen and oxygen atoms in total. The SMILES string of the molecule is CCNC1CCCCCC1Cc1cccc(C)c1. The number of benzene rings is 1. The zero-order valence-corrected chi connectivity index (χ0v) is 11.9. The molecule has 1 saturated carbocycles. The molecule has 0 spiro atoms. The van der Waals surface area contributed by atoms with E-state index in [2.05, 4.69) is 43.4 Å². The van der Waals surface area contributed by atoms with E-state index in [1.54, 1.807) is 0 Å². The van der Waals surface area contributed by atoms with Crippen molar-refractivity contribution in [2.75, 3.05) is 6.54 Å². The summed E-state index contributed by atoms with van der Waals surface area (Å²) in [7, 11) is 0. The summed E-state index contributed by atoms with van der Waals surface area (Å²) in [5.41, 5.74) is 2.91. The Morgan fingerprint density at radius 3 is 2.78 bits per heavy atom. The van der Waals surface area contributed by atoms with Crippen LogP contribution >= 0.6 is 0 Å². The van der Waals surface area contributed by atoms with Crippen molar-refractivity contribution in [1.29, 1.82) is 0 Å². The van der Waals surface area contributed by atoms with Gasteiger partial charge in [-0.25, -0.2) is 0 Å². The molecule has 2 rings (SSSR count). The summed E-state index contributed by atoms with van der Waals surface area (Å²) in [4.78, 5) is 0. The Morgan fingerprint density at radius 2 is 2.00 bits per heavy atom. The van der Waals surface area contributed by atoms with E-state index in [1.165, 1.54) is 49.7 Å². The predicted molar refractivity (Wildman–Crippen MR) is 78.9 cm³/mol. The first-order valence-electron chi connectivity index (χ1n) is 7.58. The Bertz CT molecular complexity index is 358. The lowest BCUT2D eigenvalue weighted by molar-refractivity contribution is 0.337. The second-order valence-corrected chi connectivity index (χ2v) is 5.76. The fourth-order valence-electron chi connectivity index (χ4n) is 3.30. The number of nitrogens with one attached hydrogen (secondary N) is 1. The zero-order chi connectivity index (χ0) is 12.8. The summed E-state index contributed by atoms with van der Waals surface area (Å²) >= 11 is 0. The maximum Gasteiger partial charge on any atom is 0.00983 e. The van der Waals surface area contributed by atoms with Crippen LogP contribution in [0.5, 0.6) is 0 Å².